The van der Waals surface area contributed by atoms with Crippen molar-refractivity contribution < 1.29 is 9.84 Å². The van der Waals surface area contributed by atoms with Crippen LogP contribution in [0.4, 0.5) is 0 Å². The summed E-state index contributed by atoms with van der Waals surface area (Å²) in [6, 6.07) is 1.86. The van der Waals surface area contributed by atoms with Crippen molar-refractivity contribution in [3.8, 4) is 0 Å². The normalized spacial score (nSPS) is 21.2. The highest BCUT2D eigenvalue weighted by atomic mass is 16.5. The van der Waals surface area contributed by atoms with Crippen molar-refractivity contribution in [1.82, 2.24) is 9.78 Å². The van der Waals surface area contributed by atoms with Crippen molar-refractivity contribution in [3.63, 3.8) is 0 Å². The standard InChI is InChI=1S/C12H20N2O2/c1-3-16-12(7-4-5-8-12)11(15)10-6-9-14(2)13-10/h6,9,11,15H,3-5,7-8H2,1-2H3. The van der Waals surface area contributed by atoms with E-state index in [1.54, 1.807) is 4.68 Å². The van der Waals surface area contributed by atoms with Gasteiger partial charge < -0.3 is 9.84 Å². The molecule has 0 bridgehead atoms. The minimum Gasteiger partial charge on any atom is -0.384 e. The van der Waals surface area contributed by atoms with E-state index in [-0.39, 0.29) is 0 Å². The number of aromatic nitrogens is 2. The molecule has 1 N–H and O–H groups in total. The molecule has 90 valence electrons. The Bertz CT molecular complexity index is 343. The summed E-state index contributed by atoms with van der Waals surface area (Å²) in [6.07, 6.45) is 5.37. The molecule has 16 heavy (non-hydrogen) atoms. The fraction of sp³-hybridized carbons (Fsp3) is 0.750. The molecule has 0 saturated heterocycles. The van der Waals surface area contributed by atoms with Crippen LogP contribution in [0.5, 0.6) is 0 Å². The second kappa shape index (κ2) is 4.55. The molecule has 4 nitrogen and oxygen atoms in total. The van der Waals surface area contributed by atoms with E-state index >= 15 is 0 Å². The van der Waals surface area contributed by atoms with Gasteiger partial charge in [0.15, 0.2) is 0 Å². The zero-order chi connectivity index (χ0) is 11.6. The minimum atomic E-state index is -0.601. The van der Waals surface area contributed by atoms with Gasteiger partial charge in [0.25, 0.3) is 0 Å². The predicted molar refractivity (Wildman–Crippen MR) is 61.0 cm³/mol. The van der Waals surface area contributed by atoms with Crippen LogP contribution in [-0.2, 0) is 11.8 Å². The Balaban J connectivity index is 2.20. The molecule has 0 radical (unpaired) electrons. The summed E-state index contributed by atoms with van der Waals surface area (Å²) < 4.78 is 7.53. The average molecular weight is 224 g/mol. The molecule has 1 saturated carbocycles. The van der Waals surface area contributed by atoms with Crippen LogP contribution in [0.15, 0.2) is 12.3 Å². The number of ether oxygens (including phenoxy) is 1. The summed E-state index contributed by atoms with van der Waals surface area (Å²) in [6.45, 7) is 2.62. The van der Waals surface area contributed by atoms with Gasteiger partial charge in [0.1, 0.15) is 6.10 Å². The smallest absolute Gasteiger partial charge is 0.127 e. The quantitative estimate of drug-likeness (QED) is 0.848. The molecule has 0 spiro atoms. The van der Waals surface area contributed by atoms with Crippen LogP contribution in [0.1, 0.15) is 44.4 Å². The number of hydrogen-bond acceptors (Lipinski definition) is 3. The molecular formula is C12H20N2O2. The molecule has 0 amide bonds. The van der Waals surface area contributed by atoms with Gasteiger partial charge in [-0.25, -0.2) is 0 Å². The zero-order valence-electron chi connectivity index (χ0n) is 10.0. The number of nitrogens with zero attached hydrogens (tertiary/aromatic N) is 2. The highest BCUT2D eigenvalue weighted by Crippen LogP contribution is 2.42. The van der Waals surface area contributed by atoms with Gasteiger partial charge in [-0.1, -0.05) is 12.8 Å². The Morgan fingerprint density at radius 3 is 2.75 bits per heavy atom. The lowest BCUT2D eigenvalue weighted by molar-refractivity contribution is -0.120. The fourth-order valence-corrected chi connectivity index (χ4v) is 2.61. The van der Waals surface area contributed by atoms with Gasteiger partial charge in [-0.05, 0) is 25.8 Å². The summed E-state index contributed by atoms with van der Waals surface area (Å²) in [4.78, 5) is 0. The van der Waals surface area contributed by atoms with Crippen LogP contribution in [0.2, 0.25) is 0 Å². The van der Waals surface area contributed by atoms with Gasteiger partial charge >= 0.3 is 0 Å². The molecule has 0 aromatic carbocycles. The third-order valence-corrected chi connectivity index (χ3v) is 3.39. The van der Waals surface area contributed by atoms with E-state index in [0.717, 1.165) is 31.4 Å². The first-order chi connectivity index (χ1) is 7.68. The first-order valence-electron chi connectivity index (χ1n) is 5.99. The Kier molecular flexibility index (Phi) is 3.30. The van der Waals surface area contributed by atoms with Gasteiger partial charge in [0.05, 0.1) is 11.3 Å². The minimum absolute atomic E-state index is 0.400. The van der Waals surface area contributed by atoms with E-state index in [1.165, 1.54) is 0 Å². The van der Waals surface area contributed by atoms with Crippen molar-refractivity contribution in [2.24, 2.45) is 7.05 Å². The maximum atomic E-state index is 10.4. The molecule has 1 aromatic rings. The van der Waals surface area contributed by atoms with Gasteiger partial charge in [-0.15, -0.1) is 0 Å². The van der Waals surface area contributed by atoms with Crippen molar-refractivity contribution in [3.05, 3.63) is 18.0 Å². The van der Waals surface area contributed by atoms with E-state index in [4.69, 9.17) is 4.74 Å². The Labute approximate surface area is 96.2 Å². The molecule has 4 heteroatoms. The summed E-state index contributed by atoms with van der Waals surface area (Å²) in [5.41, 5.74) is 0.321. The summed E-state index contributed by atoms with van der Waals surface area (Å²) in [5.74, 6) is 0. The molecule has 1 aromatic heterocycles. The first-order valence-corrected chi connectivity index (χ1v) is 5.99. The van der Waals surface area contributed by atoms with Gasteiger partial charge in [0.2, 0.25) is 0 Å². The molecule has 1 aliphatic carbocycles. The molecule has 1 aliphatic rings. The highest BCUT2D eigenvalue weighted by molar-refractivity contribution is 5.10. The van der Waals surface area contributed by atoms with Gasteiger partial charge in [0, 0.05) is 19.9 Å². The SMILES string of the molecule is CCOC1(C(O)c2ccn(C)n2)CCCC1. The molecule has 1 atom stereocenters. The summed E-state index contributed by atoms with van der Waals surface area (Å²) in [7, 11) is 1.86. The lowest BCUT2D eigenvalue weighted by Gasteiger charge is -2.33. The van der Waals surface area contributed by atoms with E-state index in [2.05, 4.69) is 5.10 Å². The van der Waals surface area contributed by atoms with Crippen LogP contribution < -0.4 is 0 Å². The predicted octanol–water partition coefficient (Wildman–Crippen LogP) is 1.80. The molecule has 0 aliphatic heterocycles. The Hall–Kier alpha value is -0.870. The monoisotopic (exact) mass is 224 g/mol. The highest BCUT2D eigenvalue weighted by Gasteiger charge is 2.43. The topological polar surface area (TPSA) is 47.3 Å². The second-order valence-corrected chi connectivity index (χ2v) is 4.52. The lowest BCUT2D eigenvalue weighted by Crippen LogP contribution is -2.37. The summed E-state index contributed by atoms with van der Waals surface area (Å²) >= 11 is 0. The Morgan fingerprint density at radius 1 is 1.56 bits per heavy atom. The number of aliphatic hydroxyl groups is 1. The van der Waals surface area contributed by atoms with Crippen molar-refractivity contribution in [2.75, 3.05) is 6.61 Å². The molecule has 1 fully saturated rings. The zero-order valence-corrected chi connectivity index (χ0v) is 10.0. The molecular weight excluding hydrogens is 204 g/mol. The van der Waals surface area contributed by atoms with Crippen LogP contribution in [0.3, 0.4) is 0 Å². The number of hydrogen-bond donors (Lipinski definition) is 1. The number of aliphatic hydroxyl groups excluding tert-OH is 1. The van der Waals surface area contributed by atoms with E-state index in [0.29, 0.717) is 6.61 Å². The van der Waals surface area contributed by atoms with Crippen LogP contribution in [-0.4, -0.2) is 27.1 Å². The van der Waals surface area contributed by atoms with E-state index in [9.17, 15) is 5.11 Å². The van der Waals surface area contributed by atoms with Crippen molar-refractivity contribution in [1.29, 1.82) is 0 Å². The first kappa shape index (κ1) is 11.6. The van der Waals surface area contributed by atoms with Crippen LogP contribution in [0, 0.1) is 0 Å². The lowest BCUT2D eigenvalue weighted by atomic mass is 9.92. The maximum absolute atomic E-state index is 10.4. The van der Waals surface area contributed by atoms with Gasteiger partial charge in [-0.2, -0.15) is 5.10 Å². The maximum Gasteiger partial charge on any atom is 0.127 e. The van der Waals surface area contributed by atoms with Crippen LogP contribution >= 0.6 is 0 Å². The fourth-order valence-electron chi connectivity index (χ4n) is 2.61. The third-order valence-electron chi connectivity index (χ3n) is 3.39. The number of rotatable bonds is 4. The molecule has 2 rings (SSSR count). The Morgan fingerprint density at radius 2 is 2.25 bits per heavy atom. The molecule has 1 unspecified atom stereocenters. The third kappa shape index (κ3) is 1.99. The van der Waals surface area contributed by atoms with Crippen LogP contribution in [0.25, 0.3) is 0 Å². The van der Waals surface area contributed by atoms with Crippen molar-refractivity contribution >= 4 is 0 Å². The number of aryl methyl sites for hydroxylation is 1. The molecule has 1 heterocycles. The second-order valence-electron chi connectivity index (χ2n) is 4.52. The average Bonchev–Trinajstić information content (AvgIpc) is 2.87. The van der Waals surface area contributed by atoms with E-state index in [1.807, 2.05) is 26.2 Å². The van der Waals surface area contributed by atoms with Gasteiger partial charge in [-0.3, -0.25) is 4.68 Å². The summed E-state index contributed by atoms with van der Waals surface area (Å²) in [5, 5.41) is 14.7. The largest absolute Gasteiger partial charge is 0.384 e. The van der Waals surface area contributed by atoms with Crippen molar-refractivity contribution in [2.45, 2.75) is 44.3 Å². The van der Waals surface area contributed by atoms with E-state index < -0.39 is 11.7 Å².